The molecular weight excluding hydrogens is 310 g/mol. The molecule has 3 rings (SSSR count). The van der Waals surface area contributed by atoms with Crippen molar-refractivity contribution in [3.05, 3.63) is 47.9 Å². The molecule has 3 heterocycles. The summed E-state index contributed by atoms with van der Waals surface area (Å²) in [6.07, 6.45) is 6.67. The van der Waals surface area contributed by atoms with Gasteiger partial charge in [-0.3, -0.25) is 9.67 Å². The van der Waals surface area contributed by atoms with E-state index in [0.717, 1.165) is 22.2 Å². The molecule has 0 bridgehead atoms. The molecule has 1 aliphatic rings. The normalized spacial score (nSPS) is 23.2. The Morgan fingerprint density at radius 3 is 2.78 bits per heavy atom. The van der Waals surface area contributed by atoms with E-state index in [4.69, 9.17) is 10.5 Å². The van der Waals surface area contributed by atoms with Crippen LogP contribution in [0.1, 0.15) is 11.4 Å². The van der Waals surface area contributed by atoms with Crippen LogP contribution in [0.3, 0.4) is 0 Å². The van der Waals surface area contributed by atoms with Gasteiger partial charge in [-0.25, -0.2) is 4.98 Å². The summed E-state index contributed by atoms with van der Waals surface area (Å²) < 4.78 is 8.15. The van der Waals surface area contributed by atoms with Crippen LogP contribution in [0.4, 0.5) is 0 Å². The lowest BCUT2D eigenvalue weighted by Gasteiger charge is -2.35. The van der Waals surface area contributed by atoms with E-state index in [1.165, 1.54) is 11.8 Å². The van der Waals surface area contributed by atoms with Crippen molar-refractivity contribution >= 4 is 18.0 Å². The quantitative estimate of drug-likeness (QED) is 0.870. The van der Waals surface area contributed by atoms with Crippen LogP contribution in [0.15, 0.2) is 46.6 Å². The number of pyridine rings is 1. The van der Waals surface area contributed by atoms with Crippen LogP contribution in [0.5, 0.6) is 5.75 Å². The van der Waals surface area contributed by atoms with Crippen molar-refractivity contribution in [3.63, 3.8) is 0 Å². The number of hydrogen-bond acceptors (Lipinski definition) is 6. The molecule has 0 fully saturated rings. The fraction of sp³-hybridized carbons (Fsp3) is 0.312. The maximum absolute atomic E-state index is 6.36. The second-order valence-corrected chi connectivity index (χ2v) is 6.58. The Bertz CT molecular complexity index is 755. The van der Waals surface area contributed by atoms with E-state index in [1.807, 2.05) is 51.2 Å². The second-order valence-electron chi connectivity index (χ2n) is 5.32. The highest BCUT2D eigenvalue weighted by Crippen LogP contribution is 2.40. The molecule has 0 spiro atoms. The van der Waals surface area contributed by atoms with Crippen LogP contribution in [0, 0.1) is 13.8 Å². The molecule has 0 aromatic carbocycles. The van der Waals surface area contributed by atoms with Gasteiger partial charge in [0.1, 0.15) is 10.7 Å². The van der Waals surface area contributed by atoms with Gasteiger partial charge in [-0.1, -0.05) is 17.8 Å². The number of nitrogens with two attached hydrogens (primary N) is 1. The largest absolute Gasteiger partial charge is 0.465 e. The number of ether oxygens (including phenoxy) is 1. The van der Waals surface area contributed by atoms with Crippen molar-refractivity contribution in [2.45, 2.75) is 30.0 Å². The van der Waals surface area contributed by atoms with Crippen LogP contribution in [0.25, 0.3) is 0 Å². The predicted octanol–water partition coefficient (Wildman–Crippen LogP) is 2.22. The number of aromatic nitrogens is 3. The molecule has 2 unspecified atom stereocenters. The van der Waals surface area contributed by atoms with Crippen LogP contribution < -0.4 is 10.5 Å². The molecule has 2 atom stereocenters. The minimum Gasteiger partial charge on any atom is -0.465 e. The molecule has 0 amide bonds. The number of thioether (sulfide) groups is 1. The fourth-order valence-corrected chi connectivity index (χ4v) is 3.40. The molecule has 2 aromatic heterocycles. The molecule has 2 aromatic rings. The van der Waals surface area contributed by atoms with Gasteiger partial charge in [0, 0.05) is 19.5 Å². The van der Waals surface area contributed by atoms with E-state index in [-0.39, 0.29) is 0 Å². The monoisotopic (exact) mass is 329 g/mol. The van der Waals surface area contributed by atoms with Crippen molar-refractivity contribution in [1.29, 1.82) is 0 Å². The lowest BCUT2D eigenvalue weighted by Crippen LogP contribution is -2.48. The first-order valence-corrected chi connectivity index (χ1v) is 8.09. The fourth-order valence-electron chi connectivity index (χ4n) is 2.36. The molecule has 120 valence electrons. The molecule has 6 nitrogen and oxygen atoms in total. The van der Waals surface area contributed by atoms with Gasteiger partial charge >= 0.3 is 0 Å². The zero-order chi connectivity index (χ0) is 16.4. The molecule has 2 N–H and O–H groups in total. The Hall–Kier alpha value is -2.12. The molecule has 0 aliphatic carbocycles. The Kier molecular flexibility index (Phi) is 4.23. The van der Waals surface area contributed by atoms with E-state index in [0.29, 0.717) is 0 Å². The van der Waals surface area contributed by atoms with Gasteiger partial charge in [-0.15, -0.1) is 0 Å². The van der Waals surface area contributed by atoms with E-state index in [2.05, 4.69) is 15.1 Å². The maximum atomic E-state index is 6.36. The number of allylic oxidation sites excluding steroid dienone is 1. The second kappa shape index (κ2) is 6.17. The topological polar surface area (TPSA) is 78.3 Å². The van der Waals surface area contributed by atoms with Crippen molar-refractivity contribution in [2.24, 2.45) is 17.8 Å². The number of aryl methyl sites for hydroxylation is 2. The molecule has 23 heavy (non-hydrogen) atoms. The number of dihydropyridines is 1. The summed E-state index contributed by atoms with van der Waals surface area (Å²) in [4.78, 5) is 7.81. The van der Waals surface area contributed by atoms with Gasteiger partial charge < -0.3 is 10.5 Å². The van der Waals surface area contributed by atoms with Crippen molar-refractivity contribution in [1.82, 2.24) is 14.8 Å². The Morgan fingerprint density at radius 2 is 2.17 bits per heavy atom. The van der Waals surface area contributed by atoms with Gasteiger partial charge in [0.2, 0.25) is 4.93 Å². The smallest absolute Gasteiger partial charge is 0.214 e. The summed E-state index contributed by atoms with van der Waals surface area (Å²) >= 11 is 1.45. The number of aliphatic imine (C=N–C) groups is 1. The van der Waals surface area contributed by atoms with Crippen molar-refractivity contribution < 1.29 is 4.74 Å². The third kappa shape index (κ3) is 3.02. The zero-order valence-corrected chi connectivity index (χ0v) is 14.1. The lowest BCUT2D eigenvalue weighted by molar-refractivity contribution is 0.182. The first-order chi connectivity index (χ1) is 11.0. The molecular formula is C16H19N5OS. The third-order valence-electron chi connectivity index (χ3n) is 3.68. The van der Waals surface area contributed by atoms with Crippen LogP contribution in [0.2, 0.25) is 0 Å². The van der Waals surface area contributed by atoms with Crippen molar-refractivity contribution in [2.75, 3.05) is 0 Å². The Balaban J connectivity index is 1.99. The third-order valence-corrected chi connectivity index (χ3v) is 4.91. The highest BCUT2D eigenvalue weighted by Gasteiger charge is 2.41. The van der Waals surface area contributed by atoms with Gasteiger partial charge in [0.15, 0.2) is 11.9 Å². The summed E-state index contributed by atoms with van der Waals surface area (Å²) in [5, 5.41) is 5.23. The van der Waals surface area contributed by atoms with E-state index in [1.54, 1.807) is 17.1 Å². The summed E-state index contributed by atoms with van der Waals surface area (Å²) in [6.45, 7) is 3.89. The first kappa shape index (κ1) is 15.8. The SMILES string of the molecule is Cc1nn(C)c(C)c1OC1(Sc2ccccn2)C=CC=NC1N. The van der Waals surface area contributed by atoms with E-state index < -0.39 is 11.1 Å². The average Bonchev–Trinajstić information content (AvgIpc) is 2.78. The number of nitrogens with zero attached hydrogens (tertiary/aromatic N) is 4. The molecule has 0 saturated heterocycles. The van der Waals surface area contributed by atoms with Crippen LogP contribution in [-0.4, -0.2) is 32.1 Å². The average molecular weight is 329 g/mol. The van der Waals surface area contributed by atoms with Gasteiger partial charge in [-0.05, 0) is 38.1 Å². The molecule has 1 aliphatic heterocycles. The van der Waals surface area contributed by atoms with E-state index in [9.17, 15) is 0 Å². The Morgan fingerprint density at radius 1 is 1.35 bits per heavy atom. The van der Waals surface area contributed by atoms with Crippen LogP contribution >= 0.6 is 11.8 Å². The van der Waals surface area contributed by atoms with E-state index >= 15 is 0 Å². The molecule has 0 radical (unpaired) electrons. The maximum Gasteiger partial charge on any atom is 0.214 e. The predicted molar refractivity (Wildman–Crippen MR) is 91.7 cm³/mol. The highest BCUT2D eigenvalue weighted by molar-refractivity contribution is 8.00. The molecule has 0 saturated carbocycles. The zero-order valence-electron chi connectivity index (χ0n) is 13.3. The minimum atomic E-state index is -0.859. The lowest BCUT2D eigenvalue weighted by atomic mass is 10.2. The standard InChI is InChI=1S/C16H19N5OS/c1-11-14(12(2)21(3)20-11)22-16(8-6-10-19-15(16)17)23-13-7-4-5-9-18-13/h4-10,15H,17H2,1-3H3. The Labute approximate surface area is 139 Å². The van der Waals surface area contributed by atoms with Crippen molar-refractivity contribution in [3.8, 4) is 5.75 Å². The molecule has 7 heteroatoms. The number of rotatable bonds is 4. The van der Waals surface area contributed by atoms with Gasteiger partial charge in [0.25, 0.3) is 0 Å². The first-order valence-electron chi connectivity index (χ1n) is 7.28. The summed E-state index contributed by atoms with van der Waals surface area (Å²) in [7, 11) is 1.89. The summed E-state index contributed by atoms with van der Waals surface area (Å²) in [6, 6.07) is 5.74. The van der Waals surface area contributed by atoms with Crippen LogP contribution in [-0.2, 0) is 7.05 Å². The minimum absolute atomic E-state index is 0.543. The number of hydrogen-bond donors (Lipinski definition) is 1. The summed E-state index contributed by atoms with van der Waals surface area (Å²) in [5.74, 6) is 0.730. The van der Waals surface area contributed by atoms with Gasteiger partial charge in [0.05, 0.1) is 5.69 Å². The van der Waals surface area contributed by atoms with Gasteiger partial charge in [-0.2, -0.15) is 5.10 Å². The summed E-state index contributed by atoms with van der Waals surface area (Å²) in [5.41, 5.74) is 8.03. The highest BCUT2D eigenvalue weighted by atomic mass is 32.2.